The third-order valence-corrected chi connectivity index (χ3v) is 6.32. The second-order valence-electron chi connectivity index (χ2n) is 7.03. The van der Waals surface area contributed by atoms with E-state index in [1.165, 1.54) is 0 Å². The van der Waals surface area contributed by atoms with Crippen LogP contribution in [0, 0.1) is 0 Å². The molecule has 0 spiro atoms. The molecule has 8 heteroatoms. The maximum Gasteiger partial charge on any atom is 0.236 e. The Kier molecular flexibility index (Phi) is 5.69. The zero-order chi connectivity index (χ0) is 19.6. The SMILES string of the molecule is COc1ccc2cc(CN(C)C(=O)CN3CCC(S(N)(=O)=O)C3)ccc2c1. The molecule has 0 aromatic heterocycles. The lowest BCUT2D eigenvalue weighted by Gasteiger charge is -2.22. The molecule has 2 aromatic carbocycles. The molecule has 1 fully saturated rings. The predicted octanol–water partition coefficient (Wildman–Crippen LogP) is 1.17. The fourth-order valence-corrected chi connectivity index (χ4v) is 4.23. The molecule has 1 unspecified atom stereocenters. The quantitative estimate of drug-likeness (QED) is 0.798. The van der Waals surface area contributed by atoms with Crippen molar-refractivity contribution in [2.24, 2.45) is 5.14 Å². The normalized spacial score (nSPS) is 18.0. The number of hydrogen-bond donors (Lipinski definition) is 1. The molecule has 1 heterocycles. The first-order chi connectivity index (χ1) is 12.8. The fraction of sp³-hybridized carbons (Fsp3) is 0.421. The van der Waals surface area contributed by atoms with Gasteiger partial charge in [0.2, 0.25) is 15.9 Å². The van der Waals surface area contributed by atoms with Crippen molar-refractivity contribution in [1.82, 2.24) is 9.80 Å². The Labute approximate surface area is 159 Å². The van der Waals surface area contributed by atoms with Gasteiger partial charge in [0.15, 0.2) is 0 Å². The van der Waals surface area contributed by atoms with Gasteiger partial charge in [-0.2, -0.15) is 0 Å². The van der Waals surface area contributed by atoms with E-state index in [2.05, 4.69) is 6.07 Å². The van der Waals surface area contributed by atoms with E-state index in [-0.39, 0.29) is 12.5 Å². The van der Waals surface area contributed by atoms with Crippen LogP contribution in [0.15, 0.2) is 36.4 Å². The van der Waals surface area contributed by atoms with Gasteiger partial charge in [-0.1, -0.05) is 18.2 Å². The lowest BCUT2D eigenvalue weighted by atomic mass is 10.1. The van der Waals surface area contributed by atoms with Gasteiger partial charge in [0.25, 0.3) is 0 Å². The lowest BCUT2D eigenvalue weighted by Crippen LogP contribution is -2.38. The summed E-state index contributed by atoms with van der Waals surface area (Å²) in [7, 11) is -0.143. The van der Waals surface area contributed by atoms with Crippen molar-refractivity contribution in [2.75, 3.05) is 33.8 Å². The number of likely N-dealkylation sites (N-methyl/N-ethyl adjacent to an activating group) is 1. The summed E-state index contributed by atoms with van der Waals surface area (Å²) in [6.07, 6.45) is 0.476. The minimum atomic E-state index is -3.54. The number of ether oxygens (including phenoxy) is 1. The zero-order valence-electron chi connectivity index (χ0n) is 15.6. The predicted molar refractivity (Wildman–Crippen MR) is 105 cm³/mol. The Bertz CT molecular complexity index is 945. The largest absolute Gasteiger partial charge is 0.497 e. The minimum absolute atomic E-state index is 0.0418. The van der Waals surface area contributed by atoms with E-state index < -0.39 is 15.3 Å². The van der Waals surface area contributed by atoms with Crippen LogP contribution in [0.1, 0.15) is 12.0 Å². The molecule has 0 bridgehead atoms. The molecule has 3 rings (SSSR count). The van der Waals surface area contributed by atoms with E-state index in [0.717, 1.165) is 22.1 Å². The zero-order valence-corrected chi connectivity index (χ0v) is 16.4. The maximum atomic E-state index is 12.5. The second kappa shape index (κ2) is 7.84. The Hall–Kier alpha value is -2.16. The molecule has 0 aliphatic carbocycles. The fourth-order valence-electron chi connectivity index (χ4n) is 3.38. The number of carbonyl (C=O) groups is 1. The van der Waals surface area contributed by atoms with Gasteiger partial charge in [-0.3, -0.25) is 9.69 Å². The molecular formula is C19H25N3O4S. The number of nitrogens with zero attached hydrogens (tertiary/aromatic N) is 2. The van der Waals surface area contributed by atoms with Crippen LogP contribution in [0.3, 0.4) is 0 Å². The molecule has 2 aromatic rings. The summed E-state index contributed by atoms with van der Waals surface area (Å²) in [5, 5.41) is 6.80. The molecular weight excluding hydrogens is 366 g/mol. The molecule has 7 nitrogen and oxygen atoms in total. The van der Waals surface area contributed by atoms with E-state index in [4.69, 9.17) is 9.88 Å². The van der Waals surface area contributed by atoms with Gasteiger partial charge in [-0.05, 0) is 41.0 Å². The van der Waals surface area contributed by atoms with Crippen LogP contribution in [0.2, 0.25) is 0 Å². The molecule has 1 atom stereocenters. The average Bonchev–Trinajstić information content (AvgIpc) is 3.10. The van der Waals surface area contributed by atoms with Gasteiger partial charge in [0, 0.05) is 26.7 Å². The number of rotatable bonds is 6. The van der Waals surface area contributed by atoms with Crippen molar-refractivity contribution in [2.45, 2.75) is 18.2 Å². The van der Waals surface area contributed by atoms with Crippen molar-refractivity contribution in [3.05, 3.63) is 42.0 Å². The average molecular weight is 391 g/mol. The number of hydrogen-bond acceptors (Lipinski definition) is 5. The van der Waals surface area contributed by atoms with Crippen molar-refractivity contribution >= 4 is 26.7 Å². The highest BCUT2D eigenvalue weighted by Crippen LogP contribution is 2.22. The third kappa shape index (κ3) is 4.77. The highest BCUT2D eigenvalue weighted by Gasteiger charge is 2.31. The van der Waals surface area contributed by atoms with Gasteiger partial charge >= 0.3 is 0 Å². The maximum absolute atomic E-state index is 12.5. The number of benzene rings is 2. The number of amides is 1. The number of sulfonamides is 1. The molecule has 1 amide bonds. The monoisotopic (exact) mass is 391 g/mol. The Balaban J connectivity index is 1.60. The van der Waals surface area contributed by atoms with Crippen molar-refractivity contribution in [1.29, 1.82) is 0 Å². The van der Waals surface area contributed by atoms with Crippen molar-refractivity contribution in [3.8, 4) is 5.75 Å². The van der Waals surface area contributed by atoms with Crippen LogP contribution in [-0.2, 0) is 21.4 Å². The molecule has 0 radical (unpaired) electrons. The first-order valence-electron chi connectivity index (χ1n) is 8.81. The second-order valence-corrected chi connectivity index (χ2v) is 8.88. The summed E-state index contributed by atoms with van der Waals surface area (Å²) in [5.74, 6) is 0.769. The van der Waals surface area contributed by atoms with Crippen LogP contribution in [0.5, 0.6) is 5.75 Å². The molecule has 1 saturated heterocycles. The number of likely N-dealkylation sites (tertiary alicyclic amines) is 1. The summed E-state index contributed by atoms with van der Waals surface area (Å²) in [6.45, 7) is 1.58. The summed E-state index contributed by atoms with van der Waals surface area (Å²) in [6, 6.07) is 12.0. The van der Waals surface area contributed by atoms with Crippen LogP contribution in [0.4, 0.5) is 0 Å². The summed E-state index contributed by atoms with van der Waals surface area (Å²) < 4.78 is 28.1. The highest BCUT2D eigenvalue weighted by atomic mass is 32.2. The van der Waals surface area contributed by atoms with E-state index in [9.17, 15) is 13.2 Å². The molecule has 146 valence electrons. The van der Waals surface area contributed by atoms with Crippen molar-refractivity contribution < 1.29 is 17.9 Å². The lowest BCUT2D eigenvalue weighted by molar-refractivity contribution is -0.131. The van der Waals surface area contributed by atoms with Gasteiger partial charge < -0.3 is 9.64 Å². The molecule has 0 saturated carbocycles. The Morgan fingerprint density at radius 3 is 2.63 bits per heavy atom. The molecule has 2 N–H and O–H groups in total. The summed E-state index contributed by atoms with van der Waals surface area (Å²) in [5.41, 5.74) is 1.03. The topological polar surface area (TPSA) is 92.9 Å². The molecule has 27 heavy (non-hydrogen) atoms. The summed E-state index contributed by atoms with van der Waals surface area (Å²) in [4.78, 5) is 16.0. The van der Waals surface area contributed by atoms with E-state index >= 15 is 0 Å². The number of carbonyl (C=O) groups excluding carboxylic acids is 1. The molecule has 1 aliphatic rings. The van der Waals surface area contributed by atoms with E-state index in [1.807, 2.05) is 35.2 Å². The Morgan fingerprint density at radius 1 is 1.26 bits per heavy atom. The van der Waals surface area contributed by atoms with Crippen LogP contribution >= 0.6 is 0 Å². The standard InChI is InChI=1S/C19H25N3O4S/c1-21(19(23)13-22-8-7-18(12-22)27(20,24)25)11-14-3-4-16-10-17(26-2)6-5-15(16)9-14/h3-6,9-10,18H,7-8,11-13H2,1-2H3,(H2,20,24,25). The first kappa shape index (κ1) is 19.6. The summed E-state index contributed by atoms with van der Waals surface area (Å²) >= 11 is 0. The number of fused-ring (bicyclic) bond motifs is 1. The van der Waals surface area contributed by atoms with Gasteiger partial charge in [-0.25, -0.2) is 13.6 Å². The molecule has 1 aliphatic heterocycles. The highest BCUT2D eigenvalue weighted by molar-refractivity contribution is 7.89. The smallest absolute Gasteiger partial charge is 0.236 e. The van der Waals surface area contributed by atoms with Gasteiger partial charge in [0.1, 0.15) is 5.75 Å². The van der Waals surface area contributed by atoms with Gasteiger partial charge in [-0.15, -0.1) is 0 Å². The van der Waals surface area contributed by atoms with Crippen LogP contribution in [0.25, 0.3) is 10.8 Å². The van der Waals surface area contributed by atoms with Gasteiger partial charge in [0.05, 0.1) is 18.9 Å². The Morgan fingerprint density at radius 2 is 1.96 bits per heavy atom. The van der Waals surface area contributed by atoms with Crippen LogP contribution in [-0.4, -0.2) is 63.2 Å². The van der Waals surface area contributed by atoms with E-state index in [0.29, 0.717) is 26.1 Å². The van der Waals surface area contributed by atoms with Crippen LogP contribution < -0.4 is 9.88 Å². The first-order valence-corrected chi connectivity index (χ1v) is 10.4. The third-order valence-electron chi connectivity index (χ3n) is 5.01. The number of methoxy groups -OCH3 is 1. The van der Waals surface area contributed by atoms with E-state index in [1.54, 1.807) is 19.1 Å². The van der Waals surface area contributed by atoms with Crippen molar-refractivity contribution in [3.63, 3.8) is 0 Å². The number of nitrogens with two attached hydrogens (primary N) is 1. The minimum Gasteiger partial charge on any atom is -0.497 e. The number of primary sulfonamides is 1.